The first-order valence-electron chi connectivity index (χ1n) is 6.46. The van der Waals surface area contributed by atoms with Crippen molar-refractivity contribution < 1.29 is 10.0 Å². The number of nitrogens with zero attached hydrogens (tertiary/aromatic N) is 3. The first kappa shape index (κ1) is 13.7. The molecule has 1 aliphatic carbocycles. The summed E-state index contributed by atoms with van der Waals surface area (Å²) in [6.07, 6.45) is 5.12. The lowest BCUT2D eigenvalue weighted by Crippen LogP contribution is -2.39. The smallest absolute Gasteiger partial charge is 0.311 e. The zero-order chi connectivity index (χ0) is 14.0. The van der Waals surface area contributed by atoms with E-state index in [0.29, 0.717) is 12.4 Å². The van der Waals surface area contributed by atoms with Crippen molar-refractivity contribution in [3.8, 4) is 0 Å². The van der Waals surface area contributed by atoms with Gasteiger partial charge in [-0.3, -0.25) is 10.1 Å². The minimum Gasteiger partial charge on any atom is -0.388 e. The molecule has 1 aromatic rings. The normalized spacial score (nSPS) is 17.4. The lowest BCUT2D eigenvalue weighted by atomic mass is 10.0. The molecule has 1 N–H and O–H groups in total. The average molecular weight is 265 g/mol. The fourth-order valence-electron chi connectivity index (χ4n) is 2.68. The van der Waals surface area contributed by atoms with Crippen molar-refractivity contribution in [2.45, 2.75) is 38.2 Å². The number of anilines is 1. The van der Waals surface area contributed by atoms with E-state index in [4.69, 9.17) is 0 Å². The van der Waals surface area contributed by atoms with Crippen LogP contribution in [0, 0.1) is 17.0 Å². The molecule has 0 amide bonds. The number of aliphatic hydroxyl groups is 1. The maximum absolute atomic E-state index is 11.1. The molecule has 1 aromatic heterocycles. The highest BCUT2D eigenvalue weighted by Gasteiger charge is 2.34. The molecule has 1 heterocycles. The summed E-state index contributed by atoms with van der Waals surface area (Å²) in [6, 6.07) is 1.51. The van der Waals surface area contributed by atoms with Crippen molar-refractivity contribution in [2.24, 2.45) is 0 Å². The molecule has 1 aliphatic rings. The van der Waals surface area contributed by atoms with Crippen LogP contribution in [0.1, 0.15) is 31.2 Å². The van der Waals surface area contributed by atoms with Crippen molar-refractivity contribution in [3.63, 3.8) is 0 Å². The van der Waals surface area contributed by atoms with Gasteiger partial charge < -0.3 is 10.0 Å². The van der Waals surface area contributed by atoms with Gasteiger partial charge in [0.2, 0.25) is 5.82 Å². The van der Waals surface area contributed by atoms with Crippen LogP contribution in [0.25, 0.3) is 0 Å². The van der Waals surface area contributed by atoms with Crippen molar-refractivity contribution in [3.05, 3.63) is 27.9 Å². The van der Waals surface area contributed by atoms with E-state index in [9.17, 15) is 15.2 Å². The number of likely N-dealkylation sites (N-methyl/N-ethyl adjacent to an activating group) is 1. The molecule has 6 heteroatoms. The Kier molecular flexibility index (Phi) is 3.71. The Morgan fingerprint density at radius 1 is 1.53 bits per heavy atom. The summed E-state index contributed by atoms with van der Waals surface area (Å²) < 4.78 is 0. The quantitative estimate of drug-likeness (QED) is 0.665. The molecule has 0 spiro atoms. The van der Waals surface area contributed by atoms with Crippen LogP contribution in [0.15, 0.2) is 12.3 Å². The van der Waals surface area contributed by atoms with Crippen LogP contribution in [-0.4, -0.2) is 34.2 Å². The van der Waals surface area contributed by atoms with Gasteiger partial charge in [-0.2, -0.15) is 0 Å². The van der Waals surface area contributed by atoms with Crippen LogP contribution in [-0.2, 0) is 0 Å². The van der Waals surface area contributed by atoms with Gasteiger partial charge in [-0.1, -0.05) is 12.8 Å². The van der Waals surface area contributed by atoms with E-state index >= 15 is 0 Å². The topological polar surface area (TPSA) is 79.5 Å². The number of hydrogen-bond acceptors (Lipinski definition) is 5. The summed E-state index contributed by atoms with van der Waals surface area (Å²) in [5, 5.41) is 21.4. The van der Waals surface area contributed by atoms with Gasteiger partial charge in [0.25, 0.3) is 0 Å². The van der Waals surface area contributed by atoms with E-state index in [-0.39, 0.29) is 5.69 Å². The fourth-order valence-corrected chi connectivity index (χ4v) is 2.68. The molecule has 2 rings (SSSR count). The molecular weight excluding hydrogens is 246 g/mol. The number of aryl methyl sites for hydroxylation is 1. The summed E-state index contributed by atoms with van der Waals surface area (Å²) in [5.41, 5.74) is 0.00219. The van der Waals surface area contributed by atoms with E-state index < -0.39 is 10.5 Å². The summed E-state index contributed by atoms with van der Waals surface area (Å²) in [4.78, 5) is 16.5. The summed E-state index contributed by atoms with van der Waals surface area (Å²) in [5.74, 6) is 0.316. The van der Waals surface area contributed by atoms with E-state index in [1.165, 1.54) is 6.07 Å². The number of nitro groups is 1. The van der Waals surface area contributed by atoms with Gasteiger partial charge in [-0.15, -0.1) is 0 Å². The largest absolute Gasteiger partial charge is 0.388 e. The molecule has 19 heavy (non-hydrogen) atoms. The predicted molar refractivity (Wildman–Crippen MR) is 72.3 cm³/mol. The molecule has 0 radical (unpaired) electrons. The molecule has 0 aliphatic heterocycles. The highest BCUT2D eigenvalue weighted by Crippen LogP contribution is 2.33. The molecule has 0 aromatic carbocycles. The molecule has 0 atom stereocenters. The lowest BCUT2D eigenvalue weighted by Gasteiger charge is -2.29. The SMILES string of the molecule is Cc1cnc(N(C)CC2(O)CCCC2)c([N+](=O)[O-])c1. The van der Waals surface area contributed by atoms with Crippen LogP contribution in [0.5, 0.6) is 0 Å². The van der Waals surface area contributed by atoms with Crippen LogP contribution >= 0.6 is 0 Å². The van der Waals surface area contributed by atoms with E-state index in [2.05, 4.69) is 4.98 Å². The van der Waals surface area contributed by atoms with E-state index in [1.54, 1.807) is 25.1 Å². The van der Waals surface area contributed by atoms with Crippen LogP contribution < -0.4 is 4.90 Å². The maximum Gasteiger partial charge on any atom is 0.311 e. The van der Waals surface area contributed by atoms with Gasteiger partial charge in [-0.05, 0) is 25.3 Å². The van der Waals surface area contributed by atoms with Gasteiger partial charge in [0.15, 0.2) is 0 Å². The maximum atomic E-state index is 11.1. The second kappa shape index (κ2) is 5.13. The lowest BCUT2D eigenvalue weighted by molar-refractivity contribution is -0.384. The summed E-state index contributed by atoms with van der Waals surface area (Å²) >= 11 is 0. The Morgan fingerprint density at radius 3 is 2.74 bits per heavy atom. The first-order chi connectivity index (χ1) is 8.91. The third kappa shape index (κ3) is 3.01. The number of aromatic nitrogens is 1. The number of hydrogen-bond donors (Lipinski definition) is 1. The summed E-state index contributed by atoms with van der Waals surface area (Å²) in [6.45, 7) is 2.15. The molecule has 0 bridgehead atoms. The van der Waals surface area contributed by atoms with E-state index in [0.717, 1.165) is 31.2 Å². The average Bonchev–Trinajstić information content (AvgIpc) is 2.75. The molecule has 1 fully saturated rings. The van der Waals surface area contributed by atoms with E-state index in [1.807, 2.05) is 0 Å². The Balaban J connectivity index is 2.23. The van der Waals surface area contributed by atoms with Crippen molar-refractivity contribution in [1.29, 1.82) is 0 Å². The van der Waals surface area contributed by atoms with Gasteiger partial charge in [0.05, 0.1) is 10.5 Å². The third-order valence-corrected chi connectivity index (χ3v) is 3.61. The monoisotopic (exact) mass is 265 g/mol. The molecule has 6 nitrogen and oxygen atoms in total. The van der Waals surface area contributed by atoms with Gasteiger partial charge in [0, 0.05) is 25.9 Å². The predicted octanol–water partition coefficient (Wildman–Crippen LogP) is 2.04. The van der Waals surface area contributed by atoms with Crippen molar-refractivity contribution >= 4 is 11.5 Å². The number of rotatable bonds is 4. The molecule has 0 unspecified atom stereocenters. The summed E-state index contributed by atoms with van der Waals surface area (Å²) in [7, 11) is 1.74. The Morgan fingerprint density at radius 2 is 2.16 bits per heavy atom. The third-order valence-electron chi connectivity index (χ3n) is 3.61. The Bertz CT molecular complexity index is 484. The molecule has 104 valence electrons. The van der Waals surface area contributed by atoms with Crippen LogP contribution in [0.2, 0.25) is 0 Å². The Hall–Kier alpha value is -1.69. The van der Waals surface area contributed by atoms with Gasteiger partial charge >= 0.3 is 5.69 Å². The van der Waals surface area contributed by atoms with Crippen LogP contribution in [0.3, 0.4) is 0 Å². The zero-order valence-electron chi connectivity index (χ0n) is 11.3. The zero-order valence-corrected chi connectivity index (χ0v) is 11.3. The molecule has 0 saturated heterocycles. The highest BCUT2D eigenvalue weighted by molar-refractivity contribution is 5.58. The minimum absolute atomic E-state index is 0.0101. The van der Waals surface area contributed by atoms with Gasteiger partial charge in [-0.25, -0.2) is 4.98 Å². The van der Waals surface area contributed by atoms with Gasteiger partial charge in [0.1, 0.15) is 0 Å². The standard InChI is InChI=1S/C13H19N3O3/c1-10-7-11(16(18)19)12(14-8-10)15(2)9-13(17)5-3-4-6-13/h7-8,17H,3-6,9H2,1-2H3. The number of pyridine rings is 1. The second-order valence-electron chi connectivity index (χ2n) is 5.40. The Labute approximate surface area is 112 Å². The first-order valence-corrected chi connectivity index (χ1v) is 6.46. The fraction of sp³-hybridized carbons (Fsp3) is 0.615. The van der Waals surface area contributed by atoms with Crippen molar-refractivity contribution in [2.75, 3.05) is 18.5 Å². The van der Waals surface area contributed by atoms with Crippen LogP contribution in [0.4, 0.5) is 11.5 Å². The molecule has 1 saturated carbocycles. The molecular formula is C13H19N3O3. The highest BCUT2D eigenvalue weighted by atomic mass is 16.6. The minimum atomic E-state index is -0.741. The van der Waals surface area contributed by atoms with Crippen molar-refractivity contribution in [1.82, 2.24) is 4.98 Å². The second-order valence-corrected chi connectivity index (χ2v) is 5.40.